The summed E-state index contributed by atoms with van der Waals surface area (Å²) in [5.74, 6) is -2.33. The average molecular weight is 400 g/mol. The van der Waals surface area contributed by atoms with Gasteiger partial charge in [-0.25, -0.2) is 21.9 Å². The molecule has 2 atom stereocenters. The van der Waals surface area contributed by atoms with Crippen LogP contribution in [0, 0.1) is 5.82 Å². The molecule has 1 amide bonds. The number of nitrogens with zero attached hydrogens (tertiary/aromatic N) is 2. The van der Waals surface area contributed by atoms with Crippen molar-refractivity contribution >= 4 is 21.9 Å². The summed E-state index contributed by atoms with van der Waals surface area (Å²) < 4.78 is 44.2. The minimum absolute atomic E-state index is 0.0465. The van der Waals surface area contributed by atoms with Crippen LogP contribution in [-0.2, 0) is 19.6 Å². The standard InChI is InChI=1S/C18H25FN2O5S/c1-12-6-5-7-13(2)21(12)17(22)11-26-18(23)15-10-14(8-9-16(15)19)27(24,25)20(3)4/h8-10,12-13H,5-7,11H2,1-4H3/t12-,13-/m0/s1. The molecule has 0 spiro atoms. The number of halogens is 1. The van der Waals surface area contributed by atoms with Gasteiger partial charge in [0.15, 0.2) is 6.61 Å². The zero-order valence-electron chi connectivity index (χ0n) is 15.9. The number of hydrogen-bond donors (Lipinski definition) is 0. The third kappa shape index (κ3) is 4.65. The Kier molecular flexibility index (Phi) is 6.59. The fraction of sp³-hybridized carbons (Fsp3) is 0.556. The lowest BCUT2D eigenvalue weighted by atomic mass is 9.97. The topological polar surface area (TPSA) is 84.0 Å². The number of sulfonamides is 1. The first-order chi connectivity index (χ1) is 12.6. The SMILES string of the molecule is C[C@H]1CCC[C@H](C)N1C(=O)COC(=O)c1cc(S(=O)(=O)N(C)C)ccc1F. The monoisotopic (exact) mass is 400 g/mol. The lowest BCUT2D eigenvalue weighted by Gasteiger charge is -2.38. The molecule has 7 nitrogen and oxygen atoms in total. The molecule has 0 bridgehead atoms. The second kappa shape index (κ2) is 8.35. The molecule has 0 saturated carbocycles. The van der Waals surface area contributed by atoms with Crippen LogP contribution in [0.1, 0.15) is 43.5 Å². The molecule has 0 aliphatic carbocycles. The van der Waals surface area contributed by atoms with Crippen molar-refractivity contribution < 1.29 is 27.1 Å². The van der Waals surface area contributed by atoms with E-state index in [4.69, 9.17) is 4.74 Å². The van der Waals surface area contributed by atoms with E-state index >= 15 is 0 Å². The molecule has 0 N–H and O–H groups in total. The number of carbonyl (C=O) groups is 2. The molecule has 0 radical (unpaired) electrons. The van der Waals surface area contributed by atoms with Gasteiger partial charge in [-0.1, -0.05) is 0 Å². The Morgan fingerprint density at radius 3 is 2.37 bits per heavy atom. The van der Waals surface area contributed by atoms with E-state index < -0.39 is 34.0 Å². The number of esters is 1. The Morgan fingerprint density at radius 1 is 1.22 bits per heavy atom. The van der Waals surface area contributed by atoms with E-state index in [1.165, 1.54) is 14.1 Å². The van der Waals surface area contributed by atoms with Gasteiger partial charge in [-0.15, -0.1) is 0 Å². The molecule has 1 heterocycles. The number of rotatable bonds is 5. The average Bonchev–Trinajstić information content (AvgIpc) is 2.59. The summed E-state index contributed by atoms with van der Waals surface area (Å²) in [4.78, 5) is 26.1. The third-order valence-corrected chi connectivity index (χ3v) is 6.56. The molecule has 1 aromatic rings. The van der Waals surface area contributed by atoms with E-state index in [2.05, 4.69) is 0 Å². The van der Waals surface area contributed by atoms with Gasteiger partial charge in [0.1, 0.15) is 5.82 Å². The molecule has 0 aromatic heterocycles. The maximum Gasteiger partial charge on any atom is 0.341 e. The molecule has 0 unspecified atom stereocenters. The first kappa shape index (κ1) is 21.3. The van der Waals surface area contributed by atoms with Crippen LogP contribution in [0.5, 0.6) is 0 Å². The van der Waals surface area contributed by atoms with Crippen molar-refractivity contribution in [3.8, 4) is 0 Å². The Morgan fingerprint density at radius 2 is 1.81 bits per heavy atom. The summed E-state index contributed by atoms with van der Waals surface area (Å²) in [5, 5.41) is 0. The Labute approximate surface area is 159 Å². The quantitative estimate of drug-likeness (QED) is 0.706. The second-order valence-corrected chi connectivity index (χ2v) is 9.09. The van der Waals surface area contributed by atoms with Crippen LogP contribution in [0.2, 0.25) is 0 Å². The summed E-state index contributed by atoms with van der Waals surface area (Å²) in [6.45, 7) is 3.35. The van der Waals surface area contributed by atoms with Gasteiger partial charge in [-0.2, -0.15) is 0 Å². The van der Waals surface area contributed by atoms with Crippen LogP contribution in [0.15, 0.2) is 23.1 Å². The predicted octanol–water partition coefficient (Wildman–Crippen LogP) is 2.02. The minimum atomic E-state index is -3.83. The number of piperidine rings is 1. The highest BCUT2D eigenvalue weighted by atomic mass is 32.2. The molecule has 2 rings (SSSR count). The fourth-order valence-corrected chi connectivity index (χ4v) is 4.15. The summed E-state index contributed by atoms with van der Waals surface area (Å²) in [6.07, 6.45) is 2.79. The van der Waals surface area contributed by atoms with Gasteiger partial charge in [0.2, 0.25) is 10.0 Å². The molecule has 1 fully saturated rings. The predicted molar refractivity (Wildman–Crippen MR) is 97.2 cm³/mol. The van der Waals surface area contributed by atoms with Crippen molar-refractivity contribution in [3.05, 3.63) is 29.6 Å². The van der Waals surface area contributed by atoms with Crippen molar-refractivity contribution in [2.45, 2.75) is 50.1 Å². The van der Waals surface area contributed by atoms with E-state index in [0.717, 1.165) is 41.8 Å². The molecule has 27 heavy (non-hydrogen) atoms. The van der Waals surface area contributed by atoms with Crippen LogP contribution < -0.4 is 0 Å². The normalized spacial score (nSPS) is 20.6. The number of ether oxygens (including phenoxy) is 1. The van der Waals surface area contributed by atoms with Crippen molar-refractivity contribution in [2.24, 2.45) is 0 Å². The highest BCUT2D eigenvalue weighted by Gasteiger charge is 2.30. The van der Waals surface area contributed by atoms with Gasteiger partial charge in [-0.3, -0.25) is 4.79 Å². The molecule has 1 aromatic carbocycles. The van der Waals surface area contributed by atoms with Gasteiger partial charge in [0, 0.05) is 26.2 Å². The molecule has 1 aliphatic heterocycles. The number of amides is 1. The minimum Gasteiger partial charge on any atom is -0.452 e. The van der Waals surface area contributed by atoms with Gasteiger partial charge >= 0.3 is 5.97 Å². The largest absolute Gasteiger partial charge is 0.452 e. The zero-order valence-corrected chi connectivity index (χ0v) is 16.8. The van der Waals surface area contributed by atoms with Crippen molar-refractivity contribution in [1.29, 1.82) is 0 Å². The highest BCUT2D eigenvalue weighted by molar-refractivity contribution is 7.89. The van der Waals surface area contributed by atoms with Crippen LogP contribution in [-0.4, -0.2) is 62.3 Å². The number of carbonyl (C=O) groups excluding carboxylic acids is 2. The van der Waals surface area contributed by atoms with Crippen LogP contribution in [0.25, 0.3) is 0 Å². The molecule has 150 valence electrons. The van der Waals surface area contributed by atoms with Gasteiger partial charge in [0.25, 0.3) is 5.91 Å². The number of hydrogen-bond acceptors (Lipinski definition) is 5. The van der Waals surface area contributed by atoms with Gasteiger partial charge < -0.3 is 9.64 Å². The number of likely N-dealkylation sites (tertiary alicyclic amines) is 1. The Balaban J connectivity index is 2.13. The first-order valence-electron chi connectivity index (χ1n) is 8.76. The Hall–Kier alpha value is -2.00. The third-order valence-electron chi connectivity index (χ3n) is 4.74. The summed E-state index contributed by atoms with van der Waals surface area (Å²) in [7, 11) is -1.17. The summed E-state index contributed by atoms with van der Waals surface area (Å²) in [5.41, 5.74) is -0.523. The second-order valence-electron chi connectivity index (χ2n) is 6.94. The fourth-order valence-electron chi connectivity index (χ4n) is 3.22. The molecule has 9 heteroatoms. The van der Waals surface area contributed by atoms with Crippen molar-refractivity contribution in [3.63, 3.8) is 0 Å². The smallest absolute Gasteiger partial charge is 0.341 e. The van der Waals surface area contributed by atoms with Crippen LogP contribution in [0.3, 0.4) is 0 Å². The zero-order chi connectivity index (χ0) is 20.4. The Bertz CT molecular complexity index is 815. The lowest BCUT2D eigenvalue weighted by Crippen LogP contribution is -2.49. The summed E-state index contributed by atoms with van der Waals surface area (Å²) >= 11 is 0. The van der Waals surface area contributed by atoms with Crippen molar-refractivity contribution in [1.82, 2.24) is 9.21 Å². The van der Waals surface area contributed by atoms with E-state index in [1.54, 1.807) is 4.90 Å². The van der Waals surface area contributed by atoms with E-state index in [1.807, 2.05) is 13.8 Å². The van der Waals surface area contributed by atoms with Crippen LogP contribution >= 0.6 is 0 Å². The first-order valence-corrected chi connectivity index (χ1v) is 10.2. The molecular formula is C18H25FN2O5S. The van der Waals surface area contributed by atoms with Gasteiger partial charge in [0.05, 0.1) is 10.5 Å². The highest BCUT2D eigenvalue weighted by Crippen LogP contribution is 2.23. The van der Waals surface area contributed by atoms with E-state index in [-0.39, 0.29) is 22.9 Å². The molecular weight excluding hydrogens is 375 g/mol. The van der Waals surface area contributed by atoms with E-state index in [9.17, 15) is 22.4 Å². The number of benzene rings is 1. The van der Waals surface area contributed by atoms with Gasteiger partial charge in [-0.05, 0) is 51.3 Å². The summed E-state index contributed by atoms with van der Waals surface area (Å²) in [6, 6.07) is 2.98. The van der Waals surface area contributed by atoms with Crippen molar-refractivity contribution in [2.75, 3.05) is 20.7 Å². The van der Waals surface area contributed by atoms with Crippen LogP contribution in [0.4, 0.5) is 4.39 Å². The molecule has 1 aliphatic rings. The maximum atomic E-state index is 14.0. The van der Waals surface area contributed by atoms with E-state index in [0.29, 0.717) is 0 Å². The maximum absolute atomic E-state index is 14.0. The molecule has 1 saturated heterocycles. The lowest BCUT2D eigenvalue weighted by molar-refractivity contribution is -0.140.